The number of hydrogen-bond donors (Lipinski definition) is 0. The Bertz CT molecular complexity index is 1010. The fourth-order valence-corrected chi connectivity index (χ4v) is 4.80. The summed E-state index contributed by atoms with van der Waals surface area (Å²) in [5, 5.41) is 0. The van der Waals surface area contributed by atoms with E-state index in [1.807, 2.05) is 43.3 Å². The third kappa shape index (κ3) is 4.22. The van der Waals surface area contributed by atoms with Crippen molar-refractivity contribution in [3.63, 3.8) is 0 Å². The van der Waals surface area contributed by atoms with Crippen molar-refractivity contribution in [2.24, 2.45) is 0 Å². The van der Waals surface area contributed by atoms with Gasteiger partial charge < -0.3 is 4.74 Å². The minimum absolute atomic E-state index is 0.157. The van der Waals surface area contributed by atoms with E-state index in [2.05, 4.69) is 84.9 Å². The Morgan fingerprint density at radius 3 is 1.41 bits per heavy atom. The van der Waals surface area contributed by atoms with E-state index < -0.39 is 5.41 Å². The van der Waals surface area contributed by atoms with Crippen molar-refractivity contribution in [2.75, 3.05) is 6.61 Å². The lowest BCUT2D eigenvalue weighted by Gasteiger charge is -2.43. The van der Waals surface area contributed by atoms with Crippen molar-refractivity contribution in [3.8, 4) is 0 Å². The minimum Gasteiger partial charge on any atom is -0.466 e. The molecule has 0 fully saturated rings. The topological polar surface area (TPSA) is 26.3 Å². The Morgan fingerprint density at radius 1 is 0.656 bits per heavy atom. The average molecular weight is 421 g/mol. The van der Waals surface area contributed by atoms with E-state index in [4.69, 9.17) is 4.74 Å². The Kier molecular flexibility index (Phi) is 6.81. The molecule has 4 rings (SSSR count). The molecular weight excluding hydrogens is 392 g/mol. The molecule has 0 saturated heterocycles. The van der Waals surface area contributed by atoms with Gasteiger partial charge in [0.1, 0.15) is 0 Å². The molecule has 0 aromatic heterocycles. The lowest BCUT2D eigenvalue weighted by molar-refractivity contribution is -0.143. The Balaban J connectivity index is 2.07. The van der Waals surface area contributed by atoms with Crippen LogP contribution in [0.3, 0.4) is 0 Å². The first-order valence-corrected chi connectivity index (χ1v) is 11.1. The van der Waals surface area contributed by atoms with Gasteiger partial charge in [-0.25, -0.2) is 0 Å². The second-order valence-electron chi connectivity index (χ2n) is 7.88. The summed E-state index contributed by atoms with van der Waals surface area (Å²) in [7, 11) is 0. The molecule has 0 saturated carbocycles. The van der Waals surface area contributed by atoms with Gasteiger partial charge in [0.05, 0.1) is 18.4 Å². The molecule has 0 aliphatic carbocycles. The maximum absolute atomic E-state index is 12.9. The van der Waals surface area contributed by atoms with Crippen LogP contribution < -0.4 is 0 Å². The highest BCUT2D eigenvalue weighted by Crippen LogP contribution is 2.51. The summed E-state index contributed by atoms with van der Waals surface area (Å²) >= 11 is 0. The van der Waals surface area contributed by atoms with Crippen LogP contribution in [0.4, 0.5) is 0 Å². The highest BCUT2D eigenvalue weighted by atomic mass is 16.5. The van der Waals surface area contributed by atoms with Crippen LogP contribution in [-0.4, -0.2) is 12.6 Å². The van der Waals surface area contributed by atoms with E-state index in [1.54, 1.807) is 0 Å². The highest BCUT2D eigenvalue weighted by molar-refractivity contribution is 5.72. The summed E-state index contributed by atoms with van der Waals surface area (Å²) in [6.45, 7) is 2.23. The SMILES string of the molecule is CCOC(=O)CC(c1ccccc1)C(c1ccccc1)(c1ccccc1)c1ccccc1. The maximum Gasteiger partial charge on any atom is 0.306 e. The van der Waals surface area contributed by atoms with Gasteiger partial charge in [-0.3, -0.25) is 4.79 Å². The second kappa shape index (κ2) is 10.1. The van der Waals surface area contributed by atoms with Gasteiger partial charge in [0.15, 0.2) is 0 Å². The van der Waals surface area contributed by atoms with E-state index in [1.165, 1.54) is 0 Å². The largest absolute Gasteiger partial charge is 0.466 e. The first-order valence-electron chi connectivity index (χ1n) is 11.1. The van der Waals surface area contributed by atoms with Crippen LogP contribution in [-0.2, 0) is 14.9 Å². The summed E-state index contributed by atoms with van der Waals surface area (Å²) in [5.74, 6) is -0.344. The molecule has 0 bridgehead atoms. The van der Waals surface area contributed by atoms with E-state index in [9.17, 15) is 4.79 Å². The van der Waals surface area contributed by atoms with Gasteiger partial charge in [-0.05, 0) is 29.2 Å². The molecule has 0 aliphatic rings. The van der Waals surface area contributed by atoms with Crippen molar-refractivity contribution in [3.05, 3.63) is 144 Å². The third-order valence-electron chi connectivity index (χ3n) is 6.09. The standard InChI is InChI=1S/C30H28O2/c1-2-32-29(31)23-28(24-15-7-3-8-16-24)30(25-17-9-4-10-18-25,26-19-11-5-12-20-26)27-21-13-6-14-22-27/h3-22,28H,2,23H2,1H3. The number of rotatable bonds is 8. The molecule has 2 heteroatoms. The monoisotopic (exact) mass is 420 g/mol. The maximum atomic E-state index is 12.9. The number of benzene rings is 4. The van der Waals surface area contributed by atoms with Gasteiger partial charge in [0, 0.05) is 5.92 Å². The Labute approximate surface area is 190 Å². The van der Waals surface area contributed by atoms with Crippen LogP contribution in [0.2, 0.25) is 0 Å². The predicted octanol–water partition coefficient (Wildman–Crippen LogP) is 6.76. The highest BCUT2D eigenvalue weighted by Gasteiger charge is 2.45. The van der Waals surface area contributed by atoms with Crippen molar-refractivity contribution >= 4 is 5.97 Å². The molecule has 4 aromatic rings. The lowest BCUT2D eigenvalue weighted by Crippen LogP contribution is -2.38. The summed E-state index contributed by atoms with van der Waals surface area (Å²) < 4.78 is 5.46. The number of carbonyl (C=O) groups is 1. The summed E-state index contributed by atoms with van der Waals surface area (Å²) in [5.41, 5.74) is 3.98. The van der Waals surface area contributed by atoms with E-state index in [0.717, 1.165) is 22.3 Å². The van der Waals surface area contributed by atoms with E-state index >= 15 is 0 Å². The predicted molar refractivity (Wildman–Crippen MR) is 130 cm³/mol. The molecule has 0 spiro atoms. The quantitative estimate of drug-likeness (QED) is 0.233. The van der Waals surface area contributed by atoms with Gasteiger partial charge in [0.2, 0.25) is 0 Å². The molecular formula is C30H28O2. The van der Waals surface area contributed by atoms with Crippen molar-refractivity contribution in [1.29, 1.82) is 0 Å². The molecule has 0 radical (unpaired) electrons. The molecule has 4 aromatic carbocycles. The molecule has 32 heavy (non-hydrogen) atoms. The molecule has 0 amide bonds. The van der Waals surface area contributed by atoms with Gasteiger partial charge in [-0.15, -0.1) is 0 Å². The zero-order chi connectivity index (χ0) is 22.2. The van der Waals surface area contributed by atoms with Crippen LogP contribution >= 0.6 is 0 Å². The van der Waals surface area contributed by atoms with Crippen molar-refractivity contribution in [2.45, 2.75) is 24.7 Å². The van der Waals surface area contributed by atoms with Crippen LogP contribution in [0.25, 0.3) is 0 Å². The van der Waals surface area contributed by atoms with Crippen LogP contribution in [0.1, 0.15) is 41.5 Å². The van der Waals surface area contributed by atoms with Gasteiger partial charge in [0.25, 0.3) is 0 Å². The molecule has 2 nitrogen and oxygen atoms in total. The van der Waals surface area contributed by atoms with Crippen LogP contribution in [0, 0.1) is 0 Å². The molecule has 0 heterocycles. The van der Waals surface area contributed by atoms with Gasteiger partial charge in [-0.1, -0.05) is 121 Å². The zero-order valence-corrected chi connectivity index (χ0v) is 18.4. The smallest absolute Gasteiger partial charge is 0.306 e. The van der Waals surface area contributed by atoms with Crippen molar-refractivity contribution in [1.82, 2.24) is 0 Å². The summed E-state index contributed by atoms with van der Waals surface area (Å²) in [4.78, 5) is 12.9. The second-order valence-corrected chi connectivity index (χ2v) is 7.88. The van der Waals surface area contributed by atoms with E-state index in [0.29, 0.717) is 6.61 Å². The molecule has 0 N–H and O–H groups in total. The first kappa shape index (κ1) is 21.6. The molecule has 160 valence electrons. The molecule has 1 unspecified atom stereocenters. The number of hydrogen-bond acceptors (Lipinski definition) is 2. The zero-order valence-electron chi connectivity index (χ0n) is 18.4. The van der Waals surface area contributed by atoms with Gasteiger partial charge >= 0.3 is 5.97 Å². The molecule has 0 aliphatic heterocycles. The Hall–Kier alpha value is -3.65. The van der Waals surface area contributed by atoms with Crippen molar-refractivity contribution < 1.29 is 9.53 Å². The summed E-state index contributed by atoms with van der Waals surface area (Å²) in [6.07, 6.45) is 0.274. The fraction of sp³-hybridized carbons (Fsp3) is 0.167. The fourth-order valence-electron chi connectivity index (χ4n) is 4.80. The van der Waals surface area contributed by atoms with E-state index in [-0.39, 0.29) is 18.3 Å². The minimum atomic E-state index is -0.572. The number of esters is 1. The normalized spacial score (nSPS) is 12.2. The van der Waals surface area contributed by atoms with Crippen LogP contribution in [0.15, 0.2) is 121 Å². The average Bonchev–Trinajstić information content (AvgIpc) is 2.86. The van der Waals surface area contributed by atoms with Crippen LogP contribution in [0.5, 0.6) is 0 Å². The first-order chi connectivity index (χ1) is 15.8. The third-order valence-corrected chi connectivity index (χ3v) is 6.09. The number of ether oxygens (including phenoxy) is 1. The Morgan fingerprint density at radius 2 is 1.03 bits per heavy atom. The summed E-state index contributed by atoms with van der Waals surface area (Å²) in [6, 6.07) is 41.9. The lowest BCUT2D eigenvalue weighted by atomic mass is 9.59. The molecule has 1 atom stereocenters. The van der Waals surface area contributed by atoms with Gasteiger partial charge in [-0.2, -0.15) is 0 Å². The number of carbonyl (C=O) groups excluding carboxylic acids is 1.